The number of aromatic hydroxyl groups is 1. The Hall–Kier alpha value is -0.830. The third-order valence-electron chi connectivity index (χ3n) is 2.51. The van der Waals surface area contributed by atoms with Crippen LogP contribution in [-0.2, 0) is 4.57 Å². The average molecular weight is 244 g/mol. The molecular weight excluding hydrogens is 227 g/mol. The van der Waals surface area contributed by atoms with Crippen molar-refractivity contribution in [3.8, 4) is 5.75 Å². The summed E-state index contributed by atoms with van der Waals surface area (Å²) in [4.78, 5) is 18.6. The molecule has 0 saturated carbocycles. The van der Waals surface area contributed by atoms with E-state index in [0.717, 1.165) is 12.8 Å². The van der Waals surface area contributed by atoms with E-state index in [9.17, 15) is 14.4 Å². The van der Waals surface area contributed by atoms with E-state index in [1.54, 1.807) is 12.1 Å². The van der Waals surface area contributed by atoms with Gasteiger partial charge in [-0.25, -0.2) is 0 Å². The van der Waals surface area contributed by atoms with Gasteiger partial charge in [0, 0.05) is 0 Å². The highest BCUT2D eigenvalue weighted by atomic mass is 31.2. The molecule has 0 saturated heterocycles. The van der Waals surface area contributed by atoms with Gasteiger partial charge in [0.05, 0.1) is 5.66 Å². The monoisotopic (exact) mass is 244 g/mol. The molecule has 0 fully saturated rings. The second-order valence-corrected chi connectivity index (χ2v) is 5.64. The molecule has 5 heteroatoms. The Balaban J connectivity index is 2.92. The van der Waals surface area contributed by atoms with Gasteiger partial charge in [0.15, 0.2) is 0 Å². The molecule has 0 radical (unpaired) electrons. The minimum Gasteiger partial charge on any atom is -0.508 e. The molecule has 4 nitrogen and oxygen atoms in total. The topological polar surface area (TPSA) is 77.8 Å². The molecule has 0 aromatic heterocycles. The quantitative estimate of drug-likeness (QED) is 0.696. The fourth-order valence-electron chi connectivity index (χ4n) is 1.62. The molecule has 0 aliphatic carbocycles. The lowest BCUT2D eigenvalue weighted by atomic mass is 10.1. The number of rotatable bonds is 5. The van der Waals surface area contributed by atoms with Gasteiger partial charge >= 0.3 is 7.60 Å². The van der Waals surface area contributed by atoms with Gasteiger partial charge in [-0.05, 0) is 24.1 Å². The zero-order chi connectivity index (χ0) is 12.2. The van der Waals surface area contributed by atoms with Gasteiger partial charge in [-0.15, -0.1) is 0 Å². The Labute approximate surface area is 95.1 Å². The largest absolute Gasteiger partial charge is 0.508 e. The zero-order valence-electron chi connectivity index (χ0n) is 9.21. The summed E-state index contributed by atoms with van der Waals surface area (Å²) in [6.07, 6.45) is 2.14. The van der Waals surface area contributed by atoms with Gasteiger partial charge in [0.1, 0.15) is 5.75 Å². The van der Waals surface area contributed by atoms with Crippen LogP contribution in [0.4, 0.5) is 0 Å². The van der Waals surface area contributed by atoms with E-state index < -0.39 is 13.3 Å². The average Bonchev–Trinajstić information content (AvgIpc) is 2.19. The molecule has 1 unspecified atom stereocenters. The molecule has 3 N–H and O–H groups in total. The SMILES string of the molecule is CCCCC(c1ccc(O)cc1)P(=O)(O)O. The van der Waals surface area contributed by atoms with Crippen LogP contribution < -0.4 is 0 Å². The summed E-state index contributed by atoms with van der Waals surface area (Å²) in [6, 6.07) is 6.03. The van der Waals surface area contributed by atoms with Crippen molar-refractivity contribution in [2.24, 2.45) is 0 Å². The maximum absolute atomic E-state index is 11.4. The maximum Gasteiger partial charge on any atom is 0.332 e. The summed E-state index contributed by atoms with van der Waals surface area (Å²) in [6.45, 7) is 1.98. The zero-order valence-corrected chi connectivity index (χ0v) is 10.1. The summed E-state index contributed by atoms with van der Waals surface area (Å²) < 4.78 is 11.4. The first kappa shape index (κ1) is 13.2. The van der Waals surface area contributed by atoms with Gasteiger partial charge in [0.2, 0.25) is 0 Å². The van der Waals surface area contributed by atoms with Gasteiger partial charge in [-0.3, -0.25) is 4.57 Å². The molecule has 0 aliphatic heterocycles. The van der Waals surface area contributed by atoms with Crippen molar-refractivity contribution in [3.05, 3.63) is 29.8 Å². The van der Waals surface area contributed by atoms with E-state index in [1.165, 1.54) is 12.1 Å². The first-order valence-electron chi connectivity index (χ1n) is 5.29. The maximum atomic E-state index is 11.4. The number of unbranched alkanes of at least 4 members (excludes halogenated alkanes) is 1. The van der Waals surface area contributed by atoms with Crippen LogP contribution in [0.25, 0.3) is 0 Å². The third-order valence-corrected chi connectivity index (χ3v) is 3.88. The molecule has 0 bridgehead atoms. The summed E-state index contributed by atoms with van der Waals surface area (Å²) in [5.74, 6) is 0.101. The summed E-state index contributed by atoms with van der Waals surface area (Å²) in [7, 11) is -4.12. The molecule has 90 valence electrons. The lowest BCUT2D eigenvalue weighted by molar-refractivity contribution is 0.354. The van der Waals surface area contributed by atoms with Crippen molar-refractivity contribution in [3.63, 3.8) is 0 Å². The van der Waals surface area contributed by atoms with Crippen LogP contribution >= 0.6 is 7.60 Å². The minimum absolute atomic E-state index is 0.101. The molecule has 16 heavy (non-hydrogen) atoms. The van der Waals surface area contributed by atoms with E-state index in [0.29, 0.717) is 12.0 Å². The van der Waals surface area contributed by atoms with Crippen LogP contribution in [0.2, 0.25) is 0 Å². The molecular formula is C11H17O4P. The fourth-order valence-corrected chi connectivity index (χ4v) is 2.70. The number of hydrogen-bond donors (Lipinski definition) is 3. The van der Waals surface area contributed by atoms with Crippen LogP contribution in [0, 0.1) is 0 Å². The minimum atomic E-state index is -4.12. The van der Waals surface area contributed by atoms with E-state index >= 15 is 0 Å². The predicted molar refractivity (Wildman–Crippen MR) is 62.4 cm³/mol. The molecule has 0 amide bonds. The van der Waals surface area contributed by atoms with Crippen molar-refractivity contribution in [2.75, 3.05) is 0 Å². The van der Waals surface area contributed by atoms with Crippen LogP contribution in [-0.4, -0.2) is 14.9 Å². The predicted octanol–water partition coefficient (Wildman–Crippen LogP) is 2.80. The Kier molecular flexibility index (Phi) is 4.54. The highest BCUT2D eigenvalue weighted by Gasteiger charge is 2.29. The first-order valence-corrected chi connectivity index (χ1v) is 6.97. The summed E-state index contributed by atoms with van der Waals surface area (Å²) in [5.41, 5.74) is -0.173. The molecule has 0 aliphatic rings. The second-order valence-electron chi connectivity index (χ2n) is 3.84. The van der Waals surface area contributed by atoms with Crippen molar-refractivity contribution in [2.45, 2.75) is 31.8 Å². The third kappa shape index (κ3) is 3.63. The number of benzene rings is 1. The molecule has 1 aromatic rings. The molecule has 1 atom stereocenters. The Morgan fingerprint density at radius 1 is 1.25 bits per heavy atom. The van der Waals surface area contributed by atoms with Gasteiger partial charge < -0.3 is 14.9 Å². The number of phenolic OH excluding ortho intramolecular Hbond substituents is 1. The lowest BCUT2D eigenvalue weighted by Gasteiger charge is -2.18. The summed E-state index contributed by atoms with van der Waals surface area (Å²) >= 11 is 0. The molecule has 0 heterocycles. The van der Waals surface area contributed by atoms with Gasteiger partial charge in [-0.2, -0.15) is 0 Å². The summed E-state index contributed by atoms with van der Waals surface area (Å²) in [5, 5.41) is 9.12. The molecule has 1 rings (SSSR count). The van der Waals surface area contributed by atoms with E-state index in [2.05, 4.69) is 0 Å². The molecule has 0 spiro atoms. The van der Waals surface area contributed by atoms with E-state index in [1.807, 2.05) is 6.92 Å². The van der Waals surface area contributed by atoms with Crippen LogP contribution in [0.5, 0.6) is 5.75 Å². The van der Waals surface area contributed by atoms with Crippen molar-refractivity contribution in [1.29, 1.82) is 0 Å². The Bertz CT molecular complexity index is 368. The van der Waals surface area contributed by atoms with Gasteiger partial charge in [-0.1, -0.05) is 31.9 Å². The highest BCUT2D eigenvalue weighted by Crippen LogP contribution is 2.54. The van der Waals surface area contributed by atoms with Gasteiger partial charge in [0.25, 0.3) is 0 Å². The van der Waals surface area contributed by atoms with Crippen LogP contribution in [0.15, 0.2) is 24.3 Å². The van der Waals surface area contributed by atoms with Crippen molar-refractivity contribution >= 4 is 7.60 Å². The number of hydrogen-bond acceptors (Lipinski definition) is 2. The van der Waals surface area contributed by atoms with Crippen molar-refractivity contribution in [1.82, 2.24) is 0 Å². The normalized spacial score (nSPS) is 13.7. The standard InChI is InChI=1S/C11H17O4P/c1-2-3-4-11(16(13,14)15)9-5-7-10(12)8-6-9/h5-8,11-12H,2-4H2,1H3,(H2,13,14,15). The van der Waals surface area contributed by atoms with E-state index in [-0.39, 0.29) is 5.75 Å². The van der Waals surface area contributed by atoms with Crippen molar-refractivity contribution < 1.29 is 19.5 Å². The lowest BCUT2D eigenvalue weighted by Crippen LogP contribution is -2.00. The number of phenols is 1. The Morgan fingerprint density at radius 3 is 2.25 bits per heavy atom. The van der Waals surface area contributed by atoms with Crippen LogP contribution in [0.1, 0.15) is 37.4 Å². The Morgan fingerprint density at radius 2 is 1.81 bits per heavy atom. The van der Waals surface area contributed by atoms with Crippen LogP contribution in [0.3, 0.4) is 0 Å². The van der Waals surface area contributed by atoms with E-state index in [4.69, 9.17) is 5.11 Å². The second kappa shape index (κ2) is 5.48. The molecule has 1 aromatic carbocycles. The first-order chi connectivity index (χ1) is 7.45. The smallest absolute Gasteiger partial charge is 0.332 e. The fraction of sp³-hybridized carbons (Fsp3) is 0.455. The highest BCUT2D eigenvalue weighted by molar-refractivity contribution is 7.52.